The van der Waals surface area contributed by atoms with Crippen LogP contribution in [0.15, 0.2) is 24.5 Å². The highest BCUT2D eigenvalue weighted by Gasteiger charge is 2.13. The summed E-state index contributed by atoms with van der Waals surface area (Å²) in [5.41, 5.74) is 1.48. The van der Waals surface area contributed by atoms with Gasteiger partial charge in [-0.15, -0.1) is 0 Å². The minimum absolute atomic E-state index is 0.556. The van der Waals surface area contributed by atoms with Gasteiger partial charge in [0, 0.05) is 30.9 Å². The average Bonchev–Trinajstić information content (AvgIpc) is 2.94. The first-order chi connectivity index (χ1) is 10.2. The predicted octanol–water partition coefficient (Wildman–Crippen LogP) is 2.71. The number of benzene rings is 1. The van der Waals surface area contributed by atoms with Crippen molar-refractivity contribution in [3.05, 3.63) is 41.5 Å². The van der Waals surface area contributed by atoms with Crippen LogP contribution in [0.5, 0.6) is 11.5 Å². The maximum Gasteiger partial charge on any atom is 0.161 e. The first-order valence-corrected chi connectivity index (χ1v) is 6.93. The second kappa shape index (κ2) is 6.92. The van der Waals surface area contributed by atoms with Gasteiger partial charge in [-0.05, 0) is 24.1 Å². The number of hydrogen-bond donors (Lipinski definition) is 0. The standard InChI is InChI=1S/C16H20N2O3/c1-4-6-18-7-5-17-16(18)10-12-8-14(20-2)15(21-3)9-13(12)11-19/h5,7-9,11H,4,6,10H2,1-3H3. The number of imidazole rings is 1. The molecule has 0 aliphatic carbocycles. The number of aromatic nitrogens is 2. The highest BCUT2D eigenvalue weighted by Crippen LogP contribution is 2.30. The van der Waals surface area contributed by atoms with Gasteiger partial charge in [0.2, 0.25) is 0 Å². The highest BCUT2D eigenvalue weighted by molar-refractivity contribution is 5.79. The molecular formula is C16H20N2O3. The minimum Gasteiger partial charge on any atom is -0.493 e. The van der Waals surface area contributed by atoms with E-state index in [1.165, 1.54) is 0 Å². The van der Waals surface area contributed by atoms with E-state index in [4.69, 9.17) is 9.47 Å². The van der Waals surface area contributed by atoms with Crippen molar-refractivity contribution in [2.75, 3.05) is 14.2 Å². The molecule has 1 heterocycles. The van der Waals surface area contributed by atoms with Gasteiger partial charge in [-0.2, -0.15) is 0 Å². The molecule has 0 fully saturated rings. The van der Waals surface area contributed by atoms with Crippen LogP contribution in [0.25, 0.3) is 0 Å². The van der Waals surface area contributed by atoms with Gasteiger partial charge >= 0.3 is 0 Å². The summed E-state index contributed by atoms with van der Waals surface area (Å²) >= 11 is 0. The number of nitrogens with zero attached hydrogens (tertiary/aromatic N) is 2. The molecule has 0 amide bonds. The maximum atomic E-state index is 11.3. The fourth-order valence-electron chi connectivity index (χ4n) is 2.32. The van der Waals surface area contributed by atoms with Crippen LogP contribution in [-0.4, -0.2) is 30.1 Å². The van der Waals surface area contributed by atoms with E-state index < -0.39 is 0 Å². The fraction of sp³-hybridized carbons (Fsp3) is 0.375. The molecule has 0 bridgehead atoms. The van der Waals surface area contributed by atoms with Crippen LogP contribution >= 0.6 is 0 Å². The van der Waals surface area contributed by atoms with Crippen molar-refractivity contribution in [3.8, 4) is 11.5 Å². The molecule has 2 aromatic rings. The summed E-state index contributed by atoms with van der Waals surface area (Å²) in [5.74, 6) is 2.11. The summed E-state index contributed by atoms with van der Waals surface area (Å²) in [6, 6.07) is 3.54. The molecule has 5 nitrogen and oxygen atoms in total. The quantitative estimate of drug-likeness (QED) is 0.735. The number of carbonyl (C=O) groups is 1. The van der Waals surface area contributed by atoms with E-state index in [-0.39, 0.29) is 0 Å². The second-order valence-electron chi connectivity index (χ2n) is 4.74. The van der Waals surface area contributed by atoms with E-state index in [1.54, 1.807) is 26.5 Å². The molecule has 0 unspecified atom stereocenters. The minimum atomic E-state index is 0.556. The van der Waals surface area contributed by atoms with Gasteiger partial charge in [0.15, 0.2) is 11.5 Å². The number of carbonyl (C=O) groups excluding carboxylic acids is 1. The Morgan fingerprint density at radius 2 is 1.95 bits per heavy atom. The van der Waals surface area contributed by atoms with E-state index in [0.717, 1.165) is 30.6 Å². The molecule has 0 saturated carbocycles. The number of hydrogen-bond acceptors (Lipinski definition) is 4. The van der Waals surface area contributed by atoms with Gasteiger partial charge in [-0.25, -0.2) is 4.98 Å². The van der Waals surface area contributed by atoms with E-state index >= 15 is 0 Å². The van der Waals surface area contributed by atoms with Gasteiger partial charge in [-0.3, -0.25) is 4.79 Å². The number of rotatable bonds is 7. The zero-order valence-corrected chi connectivity index (χ0v) is 12.6. The summed E-state index contributed by atoms with van der Waals surface area (Å²) in [4.78, 5) is 15.7. The lowest BCUT2D eigenvalue weighted by atomic mass is 10.0. The van der Waals surface area contributed by atoms with Crippen LogP contribution in [0.2, 0.25) is 0 Å². The molecule has 0 atom stereocenters. The normalized spacial score (nSPS) is 10.4. The van der Waals surface area contributed by atoms with Crippen molar-refractivity contribution in [2.45, 2.75) is 26.3 Å². The topological polar surface area (TPSA) is 53.4 Å². The average molecular weight is 288 g/mol. The largest absolute Gasteiger partial charge is 0.493 e. The van der Waals surface area contributed by atoms with Gasteiger partial charge in [0.05, 0.1) is 14.2 Å². The zero-order chi connectivity index (χ0) is 15.2. The maximum absolute atomic E-state index is 11.3. The second-order valence-corrected chi connectivity index (χ2v) is 4.74. The van der Waals surface area contributed by atoms with Crippen LogP contribution in [0.1, 0.15) is 35.1 Å². The van der Waals surface area contributed by atoms with Crippen molar-refractivity contribution >= 4 is 6.29 Å². The smallest absolute Gasteiger partial charge is 0.161 e. The third-order valence-electron chi connectivity index (χ3n) is 3.39. The fourth-order valence-corrected chi connectivity index (χ4v) is 2.32. The van der Waals surface area contributed by atoms with Crippen molar-refractivity contribution in [1.29, 1.82) is 0 Å². The summed E-state index contributed by atoms with van der Waals surface area (Å²) in [6.07, 6.45) is 6.20. The molecule has 0 spiro atoms. The van der Waals surface area contributed by atoms with Gasteiger partial charge in [-0.1, -0.05) is 6.92 Å². The van der Waals surface area contributed by atoms with Crippen LogP contribution in [0, 0.1) is 0 Å². The molecule has 0 aliphatic heterocycles. The van der Waals surface area contributed by atoms with Crippen molar-refractivity contribution in [3.63, 3.8) is 0 Å². The molecule has 0 aliphatic rings. The molecule has 0 saturated heterocycles. The molecule has 5 heteroatoms. The number of aryl methyl sites for hydroxylation is 1. The summed E-state index contributed by atoms with van der Waals surface area (Å²) in [7, 11) is 3.14. The Bertz CT molecular complexity index is 620. The molecule has 21 heavy (non-hydrogen) atoms. The van der Waals surface area contributed by atoms with E-state index in [9.17, 15) is 4.79 Å². The Morgan fingerprint density at radius 1 is 1.24 bits per heavy atom. The lowest BCUT2D eigenvalue weighted by Crippen LogP contribution is -2.06. The Morgan fingerprint density at radius 3 is 2.57 bits per heavy atom. The Hall–Kier alpha value is -2.30. The summed E-state index contributed by atoms with van der Waals surface area (Å²) < 4.78 is 12.6. The van der Waals surface area contributed by atoms with Gasteiger partial charge in [0.1, 0.15) is 12.1 Å². The number of methoxy groups -OCH3 is 2. The molecule has 2 rings (SSSR count). The molecule has 0 radical (unpaired) electrons. The summed E-state index contributed by atoms with van der Waals surface area (Å²) in [6.45, 7) is 3.04. The van der Waals surface area contributed by atoms with Crippen molar-refractivity contribution in [1.82, 2.24) is 9.55 Å². The van der Waals surface area contributed by atoms with Crippen molar-refractivity contribution in [2.24, 2.45) is 0 Å². The third-order valence-corrected chi connectivity index (χ3v) is 3.39. The first kappa shape index (κ1) is 15.1. The summed E-state index contributed by atoms with van der Waals surface area (Å²) in [5, 5.41) is 0. The Labute approximate surface area is 124 Å². The van der Waals surface area contributed by atoms with E-state index in [2.05, 4.69) is 16.5 Å². The third kappa shape index (κ3) is 3.24. The SMILES string of the molecule is CCCn1ccnc1Cc1cc(OC)c(OC)cc1C=O. The zero-order valence-electron chi connectivity index (χ0n) is 12.6. The van der Waals surface area contributed by atoms with Crippen molar-refractivity contribution < 1.29 is 14.3 Å². The number of ether oxygens (including phenoxy) is 2. The Kier molecular flexibility index (Phi) is 4.98. The van der Waals surface area contributed by atoms with Crippen LogP contribution < -0.4 is 9.47 Å². The molecule has 0 N–H and O–H groups in total. The predicted molar refractivity (Wildman–Crippen MR) is 80.3 cm³/mol. The van der Waals surface area contributed by atoms with Crippen LogP contribution in [0.4, 0.5) is 0 Å². The van der Waals surface area contributed by atoms with Gasteiger partial charge < -0.3 is 14.0 Å². The highest BCUT2D eigenvalue weighted by atomic mass is 16.5. The van der Waals surface area contributed by atoms with E-state index in [0.29, 0.717) is 23.5 Å². The molecule has 1 aromatic carbocycles. The lowest BCUT2D eigenvalue weighted by molar-refractivity contribution is 0.112. The Balaban J connectivity index is 2.38. The van der Waals surface area contributed by atoms with Crippen LogP contribution in [0.3, 0.4) is 0 Å². The lowest BCUT2D eigenvalue weighted by Gasteiger charge is -2.13. The molecule has 112 valence electrons. The number of aldehydes is 1. The van der Waals surface area contributed by atoms with Crippen LogP contribution in [-0.2, 0) is 13.0 Å². The molecule has 1 aromatic heterocycles. The monoisotopic (exact) mass is 288 g/mol. The molecular weight excluding hydrogens is 268 g/mol. The first-order valence-electron chi connectivity index (χ1n) is 6.93. The van der Waals surface area contributed by atoms with Gasteiger partial charge in [0.25, 0.3) is 0 Å². The van der Waals surface area contributed by atoms with E-state index in [1.807, 2.05) is 12.3 Å².